The smallest absolute Gasteiger partial charge is 0.161 e. The summed E-state index contributed by atoms with van der Waals surface area (Å²) in [5.74, 6) is 2.13. The minimum absolute atomic E-state index is 0.435. The predicted octanol–water partition coefficient (Wildman–Crippen LogP) is 2.15. The quantitative estimate of drug-likeness (QED) is 0.864. The van der Waals surface area contributed by atoms with Crippen molar-refractivity contribution in [2.75, 3.05) is 28.3 Å². The van der Waals surface area contributed by atoms with E-state index in [0.717, 1.165) is 24.5 Å². The van der Waals surface area contributed by atoms with Crippen LogP contribution in [0.4, 0.5) is 0 Å². The maximum Gasteiger partial charge on any atom is 0.161 e. The largest absolute Gasteiger partial charge is 0.493 e. The summed E-state index contributed by atoms with van der Waals surface area (Å²) >= 11 is 0. The fraction of sp³-hybridized carbons (Fsp3) is 0.529. The summed E-state index contributed by atoms with van der Waals surface area (Å²) in [4.78, 5) is 2.28. The molecule has 0 bridgehead atoms. The highest BCUT2D eigenvalue weighted by atomic mass is 16.5. The number of nitrogens with one attached hydrogen (secondary N) is 1. The van der Waals surface area contributed by atoms with Crippen molar-refractivity contribution >= 4 is 0 Å². The molecule has 0 saturated heterocycles. The van der Waals surface area contributed by atoms with Gasteiger partial charge in [0.15, 0.2) is 11.5 Å². The first-order valence-corrected chi connectivity index (χ1v) is 7.47. The first-order chi connectivity index (χ1) is 10.2. The summed E-state index contributed by atoms with van der Waals surface area (Å²) < 4.78 is 10.9. The molecule has 1 aliphatic carbocycles. The third-order valence-corrected chi connectivity index (χ3v) is 4.69. The third kappa shape index (κ3) is 2.43. The first-order valence-electron chi connectivity index (χ1n) is 7.47. The summed E-state index contributed by atoms with van der Waals surface area (Å²) in [5.41, 5.74) is 2.72. The van der Waals surface area contributed by atoms with Crippen LogP contribution >= 0.6 is 0 Å². The molecule has 4 nitrogen and oxygen atoms in total. The number of rotatable bonds is 3. The van der Waals surface area contributed by atoms with E-state index in [1.807, 2.05) is 0 Å². The van der Waals surface area contributed by atoms with Crippen molar-refractivity contribution in [1.82, 2.24) is 10.2 Å². The van der Waals surface area contributed by atoms with Crippen LogP contribution in [-0.2, 0) is 6.54 Å². The Kier molecular flexibility index (Phi) is 3.91. The first kappa shape index (κ1) is 14.4. The molecule has 0 radical (unpaired) electrons. The Labute approximate surface area is 126 Å². The number of nitrogens with zero attached hydrogens (tertiary/aromatic N) is 1. The van der Waals surface area contributed by atoms with Gasteiger partial charge in [0.25, 0.3) is 0 Å². The Hall–Kier alpha value is -1.52. The van der Waals surface area contributed by atoms with Crippen molar-refractivity contribution in [2.45, 2.75) is 31.0 Å². The summed E-state index contributed by atoms with van der Waals surface area (Å²) in [6.45, 7) is 0.884. The van der Waals surface area contributed by atoms with Gasteiger partial charge >= 0.3 is 0 Å². The molecule has 3 atom stereocenters. The van der Waals surface area contributed by atoms with Gasteiger partial charge in [-0.2, -0.15) is 0 Å². The summed E-state index contributed by atoms with van der Waals surface area (Å²) in [7, 11) is 7.67. The number of methoxy groups -OCH3 is 2. The van der Waals surface area contributed by atoms with Crippen LogP contribution in [-0.4, -0.2) is 45.3 Å². The van der Waals surface area contributed by atoms with Crippen LogP contribution in [0.5, 0.6) is 11.5 Å². The number of ether oxygens (including phenoxy) is 2. The molecule has 1 N–H and O–H groups in total. The maximum absolute atomic E-state index is 5.48. The average molecular weight is 288 g/mol. The lowest BCUT2D eigenvalue weighted by Gasteiger charge is -2.43. The van der Waals surface area contributed by atoms with Gasteiger partial charge in [-0.15, -0.1) is 0 Å². The standard InChI is InChI=1S/C17H24N2O2/c1-19(2)14-7-5-6-12-13-9-16(21-4)15(20-3)8-11(13)10-18-17(12)14/h5,7-9,12,14,17-18H,6,10H2,1-4H3/t12-,14-,17?/m0/s1. The lowest BCUT2D eigenvalue weighted by atomic mass is 9.76. The highest BCUT2D eigenvalue weighted by Crippen LogP contribution is 2.41. The minimum atomic E-state index is 0.435. The molecule has 1 aliphatic heterocycles. The van der Waals surface area contributed by atoms with Gasteiger partial charge in [-0.05, 0) is 43.8 Å². The topological polar surface area (TPSA) is 33.7 Å². The van der Waals surface area contributed by atoms with E-state index in [2.05, 4.69) is 48.6 Å². The Morgan fingerprint density at radius 3 is 2.52 bits per heavy atom. The van der Waals surface area contributed by atoms with Gasteiger partial charge in [0.1, 0.15) is 0 Å². The Bertz CT molecular complexity index is 554. The van der Waals surface area contributed by atoms with Gasteiger partial charge in [0.2, 0.25) is 0 Å². The molecule has 1 heterocycles. The van der Waals surface area contributed by atoms with E-state index in [-0.39, 0.29) is 0 Å². The monoisotopic (exact) mass is 288 g/mol. The van der Waals surface area contributed by atoms with Gasteiger partial charge in [-0.25, -0.2) is 0 Å². The van der Waals surface area contributed by atoms with E-state index in [9.17, 15) is 0 Å². The molecule has 0 aromatic heterocycles. The molecule has 1 unspecified atom stereocenters. The van der Waals surface area contributed by atoms with Gasteiger partial charge < -0.3 is 19.7 Å². The average Bonchev–Trinajstić information content (AvgIpc) is 2.52. The zero-order valence-corrected chi connectivity index (χ0v) is 13.2. The van der Waals surface area contributed by atoms with E-state index >= 15 is 0 Å². The number of fused-ring (bicyclic) bond motifs is 3. The normalized spacial score (nSPS) is 27.2. The maximum atomic E-state index is 5.48. The minimum Gasteiger partial charge on any atom is -0.493 e. The SMILES string of the molecule is COc1cc2c(cc1OC)[C@@H]1CC=C[C@H](N(C)C)C1NC2. The van der Waals surface area contributed by atoms with Crippen LogP contribution in [0.15, 0.2) is 24.3 Å². The van der Waals surface area contributed by atoms with E-state index in [4.69, 9.17) is 9.47 Å². The molecule has 1 aromatic carbocycles. The Balaban J connectivity index is 2.01. The summed E-state index contributed by atoms with van der Waals surface area (Å²) in [6, 6.07) is 5.17. The van der Waals surface area contributed by atoms with Gasteiger partial charge in [-0.1, -0.05) is 12.2 Å². The molecule has 3 rings (SSSR count). The van der Waals surface area contributed by atoms with E-state index < -0.39 is 0 Å². The number of hydrogen-bond donors (Lipinski definition) is 1. The highest BCUT2D eigenvalue weighted by molar-refractivity contribution is 5.50. The van der Waals surface area contributed by atoms with E-state index in [1.165, 1.54) is 11.1 Å². The van der Waals surface area contributed by atoms with Crippen LogP contribution in [0.3, 0.4) is 0 Å². The van der Waals surface area contributed by atoms with Crippen LogP contribution in [0.2, 0.25) is 0 Å². The fourth-order valence-electron chi connectivity index (χ4n) is 3.61. The molecule has 0 spiro atoms. The number of hydrogen-bond acceptors (Lipinski definition) is 4. The van der Waals surface area contributed by atoms with Crippen molar-refractivity contribution in [3.8, 4) is 11.5 Å². The van der Waals surface area contributed by atoms with Crippen LogP contribution in [0.25, 0.3) is 0 Å². The summed E-state index contributed by atoms with van der Waals surface area (Å²) in [5, 5.41) is 3.71. The van der Waals surface area contributed by atoms with Crippen LogP contribution < -0.4 is 14.8 Å². The fourth-order valence-corrected chi connectivity index (χ4v) is 3.61. The number of benzene rings is 1. The van der Waals surface area contributed by atoms with Crippen LogP contribution in [0.1, 0.15) is 23.5 Å². The highest BCUT2D eigenvalue weighted by Gasteiger charge is 2.36. The molecule has 114 valence electrons. The second kappa shape index (κ2) is 5.70. The molecule has 1 aromatic rings. The molecular formula is C17H24N2O2. The molecule has 4 heteroatoms. The van der Waals surface area contributed by atoms with Crippen molar-refractivity contribution in [1.29, 1.82) is 0 Å². The Morgan fingerprint density at radius 1 is 1.14 bits per heavy atom. The number of allylic oxidation sites excluding steroid dienone is 1. The molecule has 0 saturated carbocycles. The molecule has 0 amide bonds. The van der Waals surface area contributed by atoms with Crippen molar-refractivity contribution in [2.24, 2.45) is 0 Å². The Morgan fingerprint density at radius 2 is 1.86 bits per heavy atom. The molecular weight excluding hydrogens is 264 g/mol. The van der Waals surface area contributed by atoms with E-state index in [1.54, 1.807) is 14.2 Å². The zero-order valence-electron chi connectivity index (χ0n) is 13.2. The zero-order chi connectivity index (χ0) is 15.0. The second-order valence-electron chi connectivity index (χ2n) is 6.04. The molecule has 0 fully saturated rings. The van der Waals surface area contributed by atoms with Crippen molar-refractivity contribution in [3.63, 3.8) is 0 Å². The molecule has 21 heavy (non-hydrogen) atoms. The van der Waals surface area contributed by atoms with Gasteiger partial charge in [-0.3, -0.25) is 0 Å². The number of likely N-dealkylation sites (N-methyl/N-ethyl adjacent to an activating group) is 1. The lowest BCUT2D eigenvalue weighted by molar-refractivity contribution is 0.226. The predicted molar refractivity (Wildman–Crippen MR) is 84.1 cm³/mol. The van der Waals surface area contributed by atoms with Crippen molar-refractivity contribution < 1.29 is 9.47 Å². The molecule has 2 aliphatic rings. The second-order valence-corrected chi connectivity index (χ2v) is 6.04. The van der Waals surface area contributed by atoms with Gasteiger partial charge in [0, 0.05) is 24.5 Å². The lowest BCUT2D eigenvalue weighted by Crippen LogP contribution is -2.53. The van der Waals surface area contributed by atoms with Crippen molar-refractivity contribution in [3.05, 3.63) is 35.4 Å². The third-order valence-electron chi connectivity index (χ3n) is 4.69. The van der Waals surface area contributed by atoms with Gasteiger partial charge in [0.05, 0.1) is 14.2 Å². The summed E-state index contributed by atoms with van der Waals surface area (Å²) in [6.07, 6.45) is 5.70. The van der Waals surface area contributed by atoms with E-state index in [0.29, 0.717) is 18.0 Å². The van der Waals surface area contributed by atoms with Crippen LogP contribution in [0, 0.1) is 0 Å².